The van der Waals surface area contributed by atoms with Crippen LogP contribution in [0.3, 0.4) is 0 Å². The van der Waals surface area contributed by atoms with Crippen molar-refractivity contribution >= 4 is 17.3 Å². The molecule has 2 rings (SSSR count). The predicted octanol–water partition coefficient (Wildman–Crippen LogP) is 3.38. The van der Waals surface area contributed by atoms with Gasteiger partial charge in [0.15, 0.2) is 0 Å². The van der Waals surface area contributed by atoms with Gasteiger partial charge < -0.3 is 15.4 Å². The van der Waals surface area contributed by atoms with Gasteiger partial charge in [0.05, 0.1) is 0 Å². The predicted molar refractivity (Wildman–Crippen MR) is 86.1 cm³/mol. The summed E-state index contributed by atoms with van der Waals surface area (Å²) in [7, 11) is 0. The molecule has 0 radical (unpaired) electrons. The molecule has 108 valence electrons. The second kappa shape index (κ2) is 7.69. The lowest BCUT2D eigenvalue weighted by Crippen LogP contribution is -2.02. The Bertz CT molecular complexity index is 559. The SMILES string of the molecule is C=CCNc1cc(Nc2cccc(OCC=C)c2)ncn1. The number of aromatic nitrogens is 2. The summed E-state index contributed by atoms with van der Waals surface area (Å²) in [5.74, 6) is 2.22. The standard InChI is InChI=1S/C16H18N4O/c1-3-8-17-15-11-16(19-12-18-15)20-13-6-5-7-14(10-13)21-9-4-2/h3-7,10-12H,1-2,8-9H2,(H2,17,18,19,20). The summed E-state index contributed by atoms with van der Waals surface area (Å²) in [6.07, 6.45) is 4.99. The Morgan fingerprint density at radius 3 is 2.76 bits per heavy atom. The van der Waals surface area contributed by atoms with Crippen LogP contribution in [0.4, 0.5) is 17.3 Å². The van der Waals surface area contributed by atoms with Crippen molar-refractivity contribution in [1.29, 1.82) is 0 Å². The van der Waals surface area contributed by atoms with Gasteiger partial charge >= 0.3 is 0 Å². The monoisotopic (exact) mass is 282 g/mol. The molecule has 0 spiro atoms. The van der Waals surface area contributed by atoms with E-state index in [0.29, 0.717) is 19.0 Å². The van der Waals surface area contributed by atoms with Crippen molar-refractivity contribution in [3.63, 3.8) is 0 Å². The van der Waals surface area contributed by atoms with E-state index in [-0.39, 0.29) is 0 Å². The Labute approximate surface area is 124 Å². The molecule has 1 aromatic heterocycles. The van der Waals surface area contributed by atoms with Crippen molar-refractivity contribution in [2.75, 3.05) is 23.8 Å². The lowest BCUT2D eigenvalue weighted by molar-refractivity contribution is 0.363. The summed E-state index contributed by atoms with van der Waals surface area (Å²) in [4.78, 5) is 8.32. The maximum Gasteiger partial charge on any atom is 0.135 e. The highest BCUT2D eigenvalue weighted by molar-refractivity contribution is 5.60. The van der Waals surface area contributed by atoms with Gasteiger partial charge in [-0.1, -0.05) is 24.8 Å². The molecule has 0 amide bonds. The molecule has 21 heavy (non-hydrogen) atoms. The molecule has 0 unspecified atom stereocenters. The van der Waals surface area contributed by atoms with Gasteiger partial charge in [0.1, 0.15) is 30.3 Å². The lowest BCUT2D eigenvalue weighted by Gasteiger charge is -2.09. The van der Waals surface area contributed by atoms with Crippen LogP contribution in [0.5, 0.6) is 5.75 Å². The zero-order valence-corrected chi connectivity index (χ0v) is 11.7. The smallest absolute Gasteiger partial charge is 0.135 e. The van der Waals surface area contributed by atoms with Crippen LogP contribution in [0.15, 0.2) is 62.0 Å². The lowest BCUT2D eigenvalue weighted by atomic mass is 10.3. The van der Waals surface area contributed by atoms with Gasteiger partial charge in [-0.2, -0.15) is 0 Å². The van der Waals surface area contributed by atoms with E-state index in [0.717, 1.165) is 17.3 Å². The van der Waals surface area contributed by atoms with Gasteiger partial charge in [-0.15, -0.1) is 6.58 Å². The highest BCUT2D eigenvalue weighted by Crippen LogP contribution is 2.21. The molecule has 1 aromatic carbocycles. The molecule has 0 atom stereocenters. The summed E-state index contributed by atoms with van der Waals surface area (Å²) in [5, 5.41) is 6.33. The third-order valence-corrected chi connectivity index (χ3v) is 2.57. The Hall–Kier alpha value is -2.82. The number of benzene rings is 1. The van der Waals surface area contributed by atoms with Crippen LogP contribution in [0, 0.1) is 0 Å². The third-order valence-electron chi connectivity index (χ3n) is 2.57. The minimum atomic E-state index is 0.479. The molecule has 0 saturated carbocycles. The number of ether oxygens (including phenoxy) is 1. The van der Waals surface area contributed by atoms with E-state index in [9.17, 15) is 0 Å². The van der Waals surface area contributed by atoms with Crippen LogP contribution in [0.1, 0.15) is 0 Å². The molecule has 0 fully saturated rings. The Morgan fingerprint density at radius 1 is 1.10 bits per heavy atom. The largest absolute Gasteiger partial charge is 0.489 e. The van der Waals surface area contributed by atoms with E-state index in [1.54, 1.807) is 12.2 Å². The summed E-state index contributed by atoms with van der Waals surface area (Å²) < 4.78 is 5.50. The summed E-state index contributed by atoms with van der Waals surface area (Å²) in [5.41, 5.74) is 0.893. The fourth-order valence-corrected chi connectivity index (χ4v) is 1.67. The zero-order valence-electron chi connectivity index (χ0n) is 11.7. The first-order valence-corrected chi connectivity index (χ1v) is 6.59. The first kappa shape index (κ1) is 14.6. The van der Waals surface area contributed by atoms with E-state index in [1.165, 1.54) is 6.33 Å². The van der Waals surface area contributed by atoms with Crippen LogP contribution in [-0.2, 0) is 0 Å². The molecular weight excluding hydrogens is 264 g/mol. The number of hydrogen-bond acceptors (Lipinski definition) is 5. The minimum absolute atomic E-state index is 0.479. The molecule has 0 aliphatic carbocycles. The number of rotatable bonds is 8. The van der Waals surface area contributed by atoms with Crippen molar-refractivity contribution < 1.29 is 4.74 Å². The molecule has 1 heterocycles. The molecule has 2 aromatic rings. The molecule has 0 aliphatic heterocycles. The Morgan fingerprint density at radius 2 is 1.95 bits per heavy atom. The van der Waals surface area contributed by atoms with E-state index >= 15 is 0 Å². The van der Waals surface area contributed by atoms with Crippen molar-refractivity contribution in [1.82, 2.24) is 9.97 Å². The van der Waals surface area contributed by atoms with Crippen LogP contribution in [0.25, 0.3) is 0 Å². The number of hydrogen-bond donors (Lipinski definition) is 2. The molecule has 0 aliphatic rings. The van der Waals surface area contributed by atoms with Crippen molar-refractivity contribution in [2.24, 2.45) is 0 Å². The van der Waals surface area contributed by atoms with Crippen LogP contribution >= 0.6 is 0 Å². The summed E-state index contributed by atoms with van der Waals surface area (Å²) in [6, 6.07) is 9.49. The van der Waals surface area contributed by atoms with Gasteiger partial charge in [-0.25, -0.2) is 9.97 Å². The number of nitrogens with zero attached hydrogens (tertiary/aromatic N) is 2. The van der Waals surface area contributed by atoms with Gasteiger partial charge in [-0.05, 0) is 12.1 Å². The first-order chi connectivity index (χ1) is 10.3. The summed E-state index contributed by atoms with van der Waals surface area (Å²) in [6.45, 7) is 8.42. The van der Waals surface area contributed by atoms with E-state index in [2.05, 4.69) is 33.8 Å². The second-order valence-corrected chi connectivity index (χ2v) is 4.21. The minimum Gasteiger partial charge on any atom is -0.489 e. The van der Waals surface area contributed by atoms with Crippen LogP contribution in [0.2, 0.25) is 0 Å². The van der Waals surface area contributed by atoms with Crippen molar-refractivity contribution in [3.05, 3.63) is 62.0 Å². The average Bonchev–Trinajstić information content (AvgIpc) is 2.52. The molecular formula is C16H18N4O. The van der Waals surface area contributed by atoms with Crippen molar-refractivity contribution in [3.8, 4) is 5.75 Å². The zero-order chi connectivity index (χ0) is 14.9. The van der Waals surface area contributed by atoms with Gasteiger partial charge in [-0.3, -0.25) is 0 Å². The normalized spacial score (nSPS) is 9.71. The van der Waals surface area contributed by atoms with Crippen LogP contribution in [-0.4, -0.2) is 23.1 Å². The fraction of sp³-hybridized carbons (Fsp3) is 0.125. The van der Waals surface area contributed by atoms with Gasteiger partial charge in [0.2, 0.25) is 0 Å². The van der Waals surface area contributed by atoms with E-state index in [4.69, 9.17) is 4.74 Å². The second-order valence-electron chi connectivity index (χ2n) is 4.21. The number of anilines is 3. The first-order valence-electron chi connectivity index (χ1n) is 6.59. The maximum atomic E-state index is 5.50. The van der Waals surface area contributed by atoms with Gasteiger partial charge in [0, 0.05) is 24.4 Å². The molecule has 0 saturated heterocycles. The molecule has 5 nitrogen and oxygen atoms in total. The third kappa shape index (κ3) is 4.65. The Balaban J connectivity index is 2.06. The molecule has 5 heteroatoms. The highest BCUT2D eigenvalue weighted by atomic mass is 16.5. The molecule has 2 N–H and O–H groups in total. The summed E-state index contributed by atoms with van der Waals surface area (Å²) >= 11 is 0. The number of nitrogens with one attached hydrogen (secondary N) is 2. The van der Waals surface area contributed by atoms with E-state index in [1.807, 2.05) is 30.3 Å². The average molecular weight is 282 g/mol. The molecule has 0 bridgehead atoms. The van der Waals surface area contributed by atoms with Crippen LogP contribution < -0.4 is 15.4 Å². The fourth-order valence-electron chi connectivity index (χ4n) is 1.67. The quantitative estimate of drug-likeness (QED) is 0.727. The maximum absolute atomic E-state index is 5.50. The van der Waals surface area contributed by atoms with Gasteiger partial charge in [0.25, 0.3) is 0 Å². The highest BCUT2D eigenvalue weighted by Gasteiger charge is 2.00. The Kier molecular flexibility index (Phi) is 5.34. The van der Waals surface area contributed by atoms with E-state index < -0.39 is 0 Å². The van der Waals surface area contributed by atoms with Crippen molar-refractivity contribution in [2.45, 2.75) is 0 Å². The topological polar surface area (TPSA) is 59.1 Å².